The van der Waals surface area contributed by atoms with E-state index in [4.69, 9.17) is 0 Å². The molecule has 0 aliphatic heterocycles. The maximum absolute atomic E-state index is 14.0. The van der Waals surface area contributed by atoms with Crippen molar-refractivity contribution >= 4 is 22.4 Å². The molecular weight excluding hydrogens is 416 g/mol. The molecule has 1 amide bonds. The number of anilines is 1. The van der Waals surface area contributed by atoms with Crippen LogP contribution in [0.1, 0.15) is 25.0 Å². The van der Waals surface area contributed by atoms with Crippen LogP contribution in [0.5, 0.6) is 0 Å². The highest BCUT2D eigenvalue weighted by Gasteiger charge is 2.31. The van der Waals surface area contributed by atoms with Crippen molar-refractivity contribution in [2.45, 2.75) is 32.0 Å². The molecule has 0 unspecified atom stereocenters. The quantitative estimate of drug-likeness (QED) is 0.593. The lowest BCUT2D eigenvalue weighted by atomic mass is 10.0. The van der Waals surface area contributed by atoms with Gasteiger partial charge in [0.2, 0.25) is 5.91 Å². The molecule has 0 saturated heterocycles. The number of aromatic nitrogens is 1. The number of benzene rings is 2. The van der Waals surface area contributed by atoms with Gasteiger partial charge in [0.15, 0.2) is 0 Å². The van der Waals surface area contributed by atoms with E-state index in [1.54, 1.807) is 38.1 Å². The van der Waals surface area contributed by atoms with E-state index in [0.29, 0.717) is 22.5 Å². The monoisotopic (exact) mass is 436 g/mol. The lowest BCUT2D eigenvalue weighted by Crippen LogP contribution is -2.38. The van der Waals surface area contributed by atoms with E-state index in [1.807, 2.05) is 0 Å². The van der Waals surface area contributed by atoms with Crippen LogP contribution in [-0.2, 0) is 22.9 Å². The SMILES string of the molecule is CC(C)(CO)n1ccc2c(NC(=O)Cc3ccc(C(F)(F)F)cc3F)cccc2c1=O. The molecule has 0 aliphatic rings. The zero-order chi connectivity index (χ0) is 23.0. The second-order valence-electron chi connectivity index (χ2n) is 7.76. The van der Waals surface area contributed by atoms with Gasteiger partial charge in [0.05, 0.1) is 24.1 Å². The molecule has 9 heteroatoms. The average molecular weight is 436 g/mol. The van der Waals surface area contributed by atoms with E-state index in [-0.39, 0.29) is 17.7 Å². The highest BCUT2D eigenvalue weighted by molar-refractivity contribution is 6.02. The number of aliphatic hydroxyl groups excluding tert-OH is 1. The van der Waals surface area contributed by atoms with Crippen LogP contribution in [0, 0.1) is 5.82 Å². The molecule has 0 fully saturated rings. The Bertz CT molecular complexity index is 1200. The van der Waals surface area contributed by atoms with Gasteiger partial charge in [-0.3, -0.25) is 9.59 Å². The third-order valence-electron chi connectivity index (χ3n) is 4.99. The Morgan fingerprint density at radius 3 is 2.42 bits per heavy atom. The number of hydrogen-bond donors (Lipinski definition) is 2. The van der Waals surface area contributed by atoms with E-state index in [2.05, 4.69) is 5.32 Å². The number of nitrogens with one attached hydrogen (secondary N) is 1. The van der Waals surface area contributed by atoms with Crippen molar-refractivity contribution < 1.29 is 27.5 Å². The molecule has 0 bridgehead atoms. The highest BCUT2D eigenvalue weighted by Crippen LogP contribution is 2.30. The van der Waals surface area contributed by atoms with E-state index in [1.165, 1.54) is 10.8 Å². The molecule has 1 aromatic heterocycles. The Labute approximate surface area is 174 Å². The summed E-state index contributed by atoms with van der Waals surface area (Å²) in [7, 11) is 0. The molecule has 0 radical (unpaired) electrons. The highest BCUT2D eigenvalue weighted by atomic mass is 19.4. The van der Waals surface area contributed by atoms with Gasteiger partial charge in [-0.1, -0.05) is 12.1 Å². The Hall–Kier alpha value is -3.20. The van der Waals surface area contributed by atoms with Crippen LogP contribution in [0.2, 0.25) is 0 Å². The maximum atomic E-state index is 14.0. The van der Waals surface area contributed by atoms with Gasteiger partial charge < -0.3 is 15.0 Å². The molecule has 3 rings (SSSR count). The molecule has 2 N–H and O–H groups in total. The van der Waals surface area contributed by atoms with E-state index in [0.717, 1.165) is 12.1 Å². The number of fused-ring (bicyclic) bond motifs is 1. The third kappa shape index (κ3) is 4.61. The fraction of sp³-hybridized carbons (Fsp3) is 0.273. The van der Waals surface area contributed by atoms with Gasteiger partial charge in [-0.25, -0.2) is 4.39 Å². The number of hydrogen-bond acceptors (Lipinski definition) is 3. The van der Waals surface area contributed by atoms with Gasteiger partial charge in [0.25, 0.3) is 5.56 Å². The second kappa shape index (κ2) is 8.14. The zero-order valence-electron chi connectivity index (χ0n) is 16.8. The van der Waals surface area contributed by atoms with Gasteiger partial charge >= 0.3 is 6.18 Å². The average Bonchev–Trinajstić information content (AvgIpc) is 2.69. The molecular formula is C22H20F4N2O3. The molecule has 0 aliphatic carbocycles. The molecule has 31 heavy (non-hydrogen) atoms. The topological polar surface area (TPSA) is 71.3 Å². The number of rotatable bonds is 5. The van der Waals surface area contributed by atoms with Crippen molar-refractivity contribution in [1.82, 2.24) is 4.57 Å². The predicted molar refractivity (Wildman–Crippen MR) is 108 cm³/mol. The first-order valence-electron chi connectivity index (χ1n) is 9.35. The van der Waals surface area contributed by atoms with Crippen LogP contribution >= 0.6 is 0 Å². The van der Waals surface area contributed by atoms with E-state index < -0.39 is 35.4 Å². The van der Waals surface area contributed by atoms with Crippen LogP contribution in [0.4, 0.5) is 23.2 Å². The standard InChI is InChI=1S/C22H20F4N2O3/c1-21(2,12-29)28-9-8-15-16(20(28)31)4-3-5-18(15)27-19(30)10-13-6-7-14(11-17(13)23)22(24,25)26/h3-9,11,29H,10,12H2,1-2H3,(H,27,30). The number of carbonyl (C=O) groups excluding carboxylic acids is 1. The van der Waals surface area contributed by atoms with Crippen molar-refractivity contribution in [1.29, 1.82) is 0 Å². The van der Waals surface area contributed by atoms with Crippen molar-refractivity contribution in [3.05, 3.63) is 76.0 Å². The molecule has 3 aromatic rings. The van der Waals surface area contributed by atoms with Gasteiger partial charge in [-0.05, 0) is 49.7 Å². The maximum Gasteiger partial charge on any atom is 0.416 e. The predicted octanol–water partition coefficient (Wildman–Crippen LogP) is 4.07. The van der Waals surface area contributed by atoms with Crippen LogP contribution < -0.4 is 10.9 Å². The molecule has 0 saturated carbocycles. The largest absolute Gasteiger partial charge is 0.416 e. The van der Waals surface area contributed by atoms with Crippen LogP contribution in [0.3, 0.4) is 0 Å². The first kappa shape index (κ1) is 22.5. The number of amides is 1. The summed E-state index contributed by atoms with van der Waals surface area (Å²) in [6.07, 6.45) is -3.65. The second-order valence-corrected chi connectivity index (χ2v) is 7.76. The Morgan fingerprint density at radius 1 is 1.10 bits per heavy atom. The minimum absolute atomic E-state index is 0.183. The summed E-state index contributed by atoms with van der Waals surface area (Å²) in [5, 5.41) is 12.9. The normalized spacial score (nSPS) is 12.2. The summed E-state index contributed by atoms with van der Waals surface area (Å²) in [4.78, 5) is 25.2. The van der Waals surface area contributed by atoms with Gasteiger partial charge in [0, 0.05) is 22.7 Å². The van der Waals surface area contributed by atoms with Gasteiger partial charge in [0.1, 0.15) is 5.82 Å². The number of aliphatic hydroxyl groups is 1. The summed E-state index contributed by atoms with van der Waals surface area (Å²) in [5.74, 6) is -1.77. The molecule has 1 heterocycles. The van der Waals surface area contributed by atoms with E-state index in [9.17, 15) is 32.3 Å². The number of carbonyl (C=O) groups is 1. The lowest BCUT2D eigenvalue weighted by molar-refractivity contribution is -0.137. The molecule has 0 spiro atoms. The third-order valence-corrected chi connectivity index (χ3v) is 4.99. The summed E-state index contributed by atoms with van der Waals surface area (Å²) < 4.78 is 53.4. The first-order valence-corrected chi connectivity index (χ1v) is 9.35. The molecule has 2 aromatic carbocycles. The molecule has 0 atom stereocenters. The Kier molecular flexibility index (Phi) is 5.91. The number of halogens is 4. The number of nitrogens with zero attached hydrogens (tertiary/aromatic N) is 1. The van der Waals surface area contributed by atoms with Crippen LogP contribution in [0.25, 0.3) is 10.8 Å². The van der Waals surface area contributed by atoms with Gasteiger partial charge in [-0.2, -0.15) is 13.2 Å². The number of pyridine rings is 1. The van der Waals surface area contributed by atoms with Gasteiger partial charge in [-0.15, -0.1) is 0 Å². The minimum Gasteiger partial charge on any atom is -0.394 e. The van der Waals surface area contributed by atoms with Crippen LogP contribution in [0.15, 0.2) is 53.5 Å². The molecule has 5 nitrogen and oxygen atoms in total. The lowest BCUT2D eigenvalue weighted by Gasteiger charge is -2.25. The zero-order valence-corrected chi connectivity index (χ0v) is 16.8. The summed E-state index contributed by atoms with van der Waals surface area (Å²) in [6.45, 7) is 3.14. The fourth-order valence-electron chi connectivity index (χ4n) is 3.17. The summed E-state index contributed by atoms with van der Waals surface area (Å²) in [5.41, 5.74) is -2.20. The Morgan fingerprint density at radius 2 is 1.81 bits per heavy atom. The first-order chi connectivity index (χ1) is 14.4. The van der Waals surface area contributed by atoms with Crippen LogP contribution in [-0.4, -0.2) is 22.2 Å². The van der Waals surface area contributed by atoms with Crippen molar-refractivity contribution in [2.24, 2.45) is 0 Å². The molecule has 164 valence electrons. The van der Waals surface area contributed by atoms with Crippen molar-refractivity contribution in [2.75, 3.05) is 11.9 Å². The Balaban J connectivity index is 1.88. The smallest absolute Gasteiger partial charge is 0.394 e. The summed E-state index contributed by atoms with van der Waals surface area (Å²) in [6, 6.07) is 8.31. The van der Waals surface area contributed by atoms with Crippen molar-refractivity contribution in [3.8, 4) is 0 Å². The number of alkyl halides is 3. The van der Waals surface area contributed by atoms with E-state index >= 15 is 0 Å². The van der Waals surface area contributed by atoms with Crippen molar-refractivity contribution in [3.63, 3.8) is 0 Å². The fourth-order valence-corrected chi connectivity index (χ4v) is 3.17. The summed E-state index contributed by atoms with van der Waals surface area (Å²) >= 11 is 0. The minimum atomic E-state index is -4.68.